The van der Waals surface area contributed by atoms with Gasteiger partial charge in [0.05, 0.1) is 17.8 Å². The molecule has 28 heavy (non-hydrogen) atoms. The van der Waals surface area contributed by atoms with Gasteiger partial charge in [-0.05, 0) is 23.7 Å². The van der Waals surface area contributed by atoms with Gasteiger partial charge in [0.15, 0.2) is 0 Å². The Labute approximate surface area is 167 Å². The first kappa shape index (κ1) is 18.3. The quantitative estimate of drug-likeness (QED) is 0.681. The Kier molecular flexibility index (Phi) is 5.75. The average molecular weight is 392 g/mol. The number of aromatic nitrogens is 3. The topological polar surface area (TPSA) is 74.2 Å². The molecule has 0 bridgehead atoms. The fourth-order valence-corrected chi connectivity index (χ4v) is 3.82. The predicted octanol–water partition coefficient (Wildman–Crippen LogP) is 1.64. The van der Waals surface area contributed by atoms with Gasteiger partial charge < -0.3 is 10.2 Å². The predicted molar refractivity (Wildman–Crippen MR) is 110 cm³/mol. The Morgan fingerprint density at radius 3 is 2.68 bits per heavy atom. The molecule has 1 N–H and O–H groups in total. The molecule has 1 saturated heterocycles. The van der Waals surface area contributed by atoms with E-state index in [1.54, 1.807) is 12.4 Å². The zero-order valence-electron chi connectivity index (χ0n) is 15.3. The third-order valence-electron chi connectivity index (χ3n) is 4.56. The van der Waals surface area contributed by atoms with Crippen molar-refractivity contribution in [2.24, 2.45) is 0 Å². The van der Waals surface area contributed by atoms with Gasteiger partial charge in [-0.1, -0.05) is 30.0 Å². The number of fused-ring (bicyclic) bond motifs is 1. The van der Waals surface area contributed by atoms with E-state index in [1.807, 2.05) is 30.3 Å². The molecule has 0 radical (unpaired) electrons. The minimum Gasteiger partial charge on any atom is -0.340 e. The molecule has 1 aromatic carbocycles. The van der Waals surface area contributed by atoms with E-state index in [-0.39, 0.29) is 5.91 Å². The van der Waals surface area contributed by atoms with Gasteiger partial charge in [-0.15, -0.1) is 0 Å². The van der Waals surface area contributed by atoms with Crippen molar-refractivity contribution in [3.05, 3.63) is 48.4 Å². The highest BCUT2D eigenvalue weighted by atomic mass is 32.1. The van der Waals surface area contributed by atoms with Crippen LogP contribution in [0.4, 0.5) is 5.95 Å². The van der Waals surface area contributed by atoms with E-state index < -0.39 is 0 Å². The number of benzene rings is 1. The molecule has 1 amide bonds. The van der Waals surface area contributed by atoms with Crippen molar-refractivity contribution in [2.45, 2.75) is 0 Å². The SMILES string of the molecule is O=C(NCC#CCN1CCN(c2ncccn2)CC1)c1nsc2ccccc12. The van der Waals surface area contributed by atoms with Gasteiger partial charge in [0, 0.05) is 44.0 Å². The molecule has 4 rings (SSSR count). The Morgan fingerprint density at radius 2 is 1.86 bits per heavy atom. The summed E-state index contributed by atoms with van der Waals surface area (Å²) in [5, 5.41) is 3.72. The van der Waals surface area contributed by atoms with Crippen LogP contribution in [0.3, 0.4) is 0 Å². The highest BCUT2D eigenvalue weighted by molar-refractivity contribution is 7.13. The summed E-state index contributed by atoms with van der Waals surface area (Å²) in [6, 6.07) is 9.56. The van der Waals surface area contributed by atoms with E-state index in [1.165, 1.54) is 11.5 Å². The molecule has 7 nitrogen and oxygen atoms in total. The highest BCUT2D eigenvalue weighted by Gasteiger charge is 2.17. The van der Waals surface area contributed by atoms with Crippen LogP contribution in [-0.2, 0) is 0 Å². The van der Waals surface area contributed by atoms with Gasteiger partial charge in [0.1, 0.15) is 5.69 Å². The van der Waals surface area contributed by atoms with Crippen molar-refractivity contribution in [2.75, 3.05) is 44.2 Å². The maximum atomic E-state index is 12.3. The van der Waals surface area contributed by atoms with E-state index in [2.05, 4.69) is 41.3 Å². The lowest BCUT2D eigenvalue weighted by molar-refractivity contribution is 0.0956. The number of rotatable bonds is 4. The third-order valence-corrected chi connectivity index (χ3v) is 5.39. The molecule has 0 atom stereocenters. The van der Waals surface area contributed by atoms with Gasteiger partial charge in [0.25, 0.3) is 5.91 Å². The molecule has 2 aromatic heterocycles. The molecule has 0 unspecified atom stereocenters. The van der Waals surface area contributed by atoms with E-state index in [0.29, 0.717) is 18.8 Å². The standard InChI is InChI=1S/C20H20N6OS/c27-19(18-16-6-1-2-7-17(16)28-24-18)21-8-3-4-11-25-12-14-26(15-13-25)20-22-9-5-10-23-20/h1-2,5-7,9-10H,8,11-15H2,(H,21,27). The Balaban J connectivity index is 1.21. The van der Waals surface area contributed by atoms with Crippen LogP contribution >= 0.6 is 11.5 Å². The monoisotopic (exact) mass is 392 g/mol. The summed E-state index contributed by atoms with van der Waals surface area (Å²) < 4.78 is 5.27. The zero-order chi connectivity index (χ0) is 19.2. The number of amides is 1. The van der Waals surface area contributed by atoms with Crippen LogP contribution in [0.2, 0.25) is 0 Å². The molecule has 3 heterocycles. The van der Waals surface area contributed by atoms with Crippen LogP contribution in [-0.4, -0.2) is 64.4 Å². The maximum Gasteiger partial charge on any atom is 0.272 e. The molecule has 0 spiro atoms. The van der Waals surface area contributed by atoms with Gasteiger partial charge in [-0.2, -0.15) is 4.37 Å². The van der Waals surface area contributed by atoms with Crippen molar-refractivity contribution in [1.29, 1.82) is 0 Å². The summed E-state index contributed by atoms with van der Waals surface area (Å²) in [6.07, 6.45) is 3.53. The van der Waals surface area contributed by atoms with Crippen LogP contribution in [0.5, 0.6) is 0 Å². The lowest BCUT2D eigenvalue weighted by Gasteiger charge is -2.33. The molecule has 1 aliphatic heterocycles. The van der Waals surface area contributed by atoms with Gasteiger partial charge in [-0.3, -0.25) is 9.69 Å². The molecule has 0 aliphatic carbocycles. The lowest BCUT2D eigenvalue weighted by atomic mass is 10.2. The first-order valence-corrected chi connectivity index (χ1v) is 9.91. The van der Waals surface area contributed by atoms with Gasteiger partial charge in [0.2, 0.25) is 5.95 Å². The van der Waals surface area contributed by atoms with E-state index in [4.69, 9.17) is 0 Å². The Morgan fingerprint density at radius 1 is 1.07 bits per heavy atom. The summed E-state index contributed by atoms with van der Waals surface area (Å²) >= 11 is 1.34. The van der Waals surface area contributed by atoms with Crippen molar-refractivity contribution in [3.8, 4) is 11.8 Å². The van der Waals surface area contributed by atoms with Crippen molar-refractivity contribution in [3.63, 3.8) is 0 Å². The smallest absolute Gasteiger partial charge is 0.272 e. The Bertz CT molecular complexity index is 1000. The molecular weight excluding hydrogens is 372 g/mol. The van der Waals surface area contributed by atoms with Crippen LogP contribution < -0.4 is 10.2 Å². The van der Waals surface area contributed by atoms with Crippen molar-refractivity contribution < 1.29 is 4.79 Å². The summed E-state index contributed by atoms with van der Waals surface area (Å²) in [4.78, 5) is 25.4. The molecule has 1 aliphatic rings. The zero-order valence-corrected chi connectivity index (χ0v) is 16.2. The van der Waals surface area contributed by atoms with Crippen LogP contribution in [0.25, 0.3) is 10.1 Å². The first-order chi connectivity index (χ1) is 13.8. The van der Waals surface area contributed by atoms with Crippen LogP contribution in [0.15, 0.2) is 42.7 Å². The summed E-state index contributed by atoms with van der Waals surface area (Å²) in [6.45, 7) is 4.63. The summed E-state index contributed by atoms with van der Waals surface area (Å²) in [5.74, 6) is 6.78. The highest BCUT2D eigenvalue weighted by Crippen LogP contribution is 2.21. The molecular formula is C20H20N6OS. The van der Waals surface area contributed by atoms with E-state index in [0.717, 1.165) is 42.2 Å². The van der Waals surface area contributed by atoms with Crippen molar-refractivity contribution >= 4 is 33.5 Å². The normalized spacial score (nSPS) is 14.5. The number of piperazine rings is 1. The number of carbonyl (C=O) groups excluding carboxylic acids is 1. The minimum atomic E-state index is -0.178. The second-order valence-corrected chi connectivity index (χ2v) is 7.18. The van der Waals surface area contributed by atoms with Crippen LogP contribution in [0.1, 0.15) is 10.5 Å². The molecule has 1 fully saturated rings. The van der Waals surface area contributed by atoms with Gasteiger partial charge >= 0.3 is 0 Å². The Hall–Kier alpha value is -3.02. The molecule has 142 valence electrons. The second-order valence-electron chi connectivity index (χ2n) is 6.38. The summed E-state index contributed by atoms with van der Waals surface area (Å²) in [5.41, 5.74) is 0.474. The number of hydrogen-bond donors (Lipinski definition) is 1. The lowest BCUT2D eigenvalue weighted by Crippen LogP contribution is -2.47. The molecule has 8 heteroatoms. The fourth-order valence-electron chi connectivity index (χ4n) is 3.05. The van der Waals surface area contributed by atoms with E-state index >= 15 is 0 Å². The minimum absolute atomic E-state index is 0.178. The third kappa shape index (κ3) is 4.27. The number of anilines is 1. The largest absolute Gasteiger partial charge is 0.340 e. The number of hydrogen-bond acceptors (Lipinski definition) is 7. The average Bonchev–Trinajstić information content (AvgIpc) is 3.19. The first-order valence-electron chi connectivity index (χ1n) is 9.14. The molecule has 0 saturated carbocycles. The second kappa shape index (κ2) is 8.78. The van der Waals surface area contributed by atoms with Gasteiger partial charge in [-0.25, -0.2) is 9.97 Å². The fraction of sp³-hybridized carbons (Fsp3) is 0.300. The summed E-state index contributed by atoms with van der Waals surface area (Å²) in [7, 11) is 0. The number of nitrogens with zero attached hydrogens (tertiary/aromatic N) is 5. The van der Waals surface area contributed by atoms with Crippen LogP contribution in [0, 0.1) is 11.8 Å². The number of carbonyl (C=O) groups is 1. The van der Waals surface area contributed by atoms with E-state index in [9.17, 15) is 4.79 Å². The maximum absolute atomic E-state index is 12.3. The van der Waals surface area contributed by atoms with Crippen molar-refractivity contribution in [1.82, 2.24) is 24.6 Å². The molecule has 3 aromatic rings. The number of nitrogens with one attached hydrogen (secondary N) is 1.